The van der Waals surface area contributed by atoms with Crippen LogP contribution in [0.25, 0.3) is 0 Å². The topological polar surface area (TPSA) is 32.3 Å². The van der Waals surface area contributed by atoms with Crippen molar-refractivity contribution in [3.63, 3.8) is 0 Å². The van der Waals surface area contributed by atoms with Crippen molar-refractivity contribution in [2.24, 2.45) is 0 Å². The number of nitrogens with one attached hydrogen (secondary N) is 1. The lowest BCUT2D eigenvalue weighted by molar-refractivity contribution is 0.464. The van der Waals surface area contributed by atoms with Crippen molar-refractivity contribution < 1.29 is 5.11 Å². The third kappa shape index (κ3) is 3.04. The van der Waals surface area contributed by atoms with Crippen molar-refractivity contribution in [2.75, 3.05) is 11.7 Å². The predicted octanol–water partition coefficient (Wildman–Crippen LogP) is 4.72. The molecular formula is C15H15BrClNO. The van der Waals surface area contributed by atoms with E-state index in [4.69, 9.17) is 0 Å². The highest BCUT2D eigenvalue weighted by Gasteiger charge is 2.23. The van der Waals surface area contributed by atoms with Crippen molar-refractivity contribution in [1.82, 2.24) is 0 Å². The number of fused-ring (bicyclic) bond motifs is 1. The minimum Gasteiger partial charge on any atom is -0.508 e. The van der Waals surface area contributed by atoms with E-state index < -0.39 is 0 Å². The zero-order valence-corrected chi connectivity index (χ0v) is 12.9. The zero-order valence-electron chi connectivity index (χ0n) is 10.5. The molecule has 0 spiro atoms. The van der Waals surface area contributed by atoms with Crippen LogP contribution in [-0.4, -0.2) is 11.5 Å². The van der Waals surface area contributed by atoms with Crippen LogP contribution in [0, 0.1) is 0 Å². The first-order valence-corrected chi connectivity index (χ1v) is 7.49. The molecular weight excluding hydrogens is 326 g/mol. The molecule has 2 aromatic rings. The van der Waals surface area contributed by atoms with Crippen LogP contribution in [0.15, 0.2) is 46.9 Å². The second-order valence-corrected chi connectivity index (χ2v) is 5.18. The van der Waals surface area contributed by atoms with Gasteiger partial charge >= 0.3 is 0 Å². The van der Waals surface area contributed by atoms with E-state index in [1.165, 1.54) is 17.6 Å². The minimum atomic E-state index is 0.167. The largest absolute Gasteiger partial charge is 0.508 e. The Hall–Kier alpha value is -1.19. The molecule has 19 heavy (non-hydrogen) atoms. The van der Waals surface area contributed by atoms with Crippen LogP contribution in [0.1, 0.15) is 17.2 Å². The number of hydrogen-bond acceptors (Lipinski definition) is 2. The van der Waals surface area contributed by atoms with Gasteiger partial charge in [-0.3, -0.25) is 0 Å². The van der Waals surface area contributed by atoms with E-state index >= 15 is 0 Å². The first-order valence-electron chi connectivity index (χ1n) is 5.95. The number of hydrogen-bond donors (Lipinski definition) is 2. The van der Waals surface area contributed by atoms with Crippen LogP contribution in [0.4, 0.5) is 5.69 Å². The Labute approximate surface area is 126 Å². The standard InChI is InChI=1S/C14H12BrNO.CH3Cl/c15-10-5-6-11(14(17)8-10)13-7-9-3-1-2-4-12(9)16-13;1-2/h1-6,8,13,16-17H,7H2;1H3. The van der Waals surface area contributed by atoms with Crippen molar-refractivity contribution in [3.05, 3.63) is 58.1 Å². The Morgan fingerprint density at radius 3 is 2.63 bits per heavy atom. The number of rotatable bonds is 1. The summed E-state index contributed by atoms with van der Waals surface area (Å²) < 4.78 is 0.897. The van der Waals surface area contributed by atoms with Crippen molar-refractivity contribution in [3.8, 4) is 5.75 Å². The SMILES string of the molecule is CCl.Oc1cc(Br)ccc1C1Cc2ccccc2N1. The van der Waals surface area contributed by atoms with Gasteiger partial charge in [-0.05, 0) is 30.2 Å². The highest BCUT2D eigenvalue weighted by Crippen LogP contribution is 2.37. The van der Waals surface area contributed by atoms with Gasteiger partial charge in [-0.15, -0.1) is 11.6 Å². The van der Waals surface area contributed by atoms with Crippen LogP contribution in [-0.2, 0) is 6.42 Å². The molecule has 3 rings (SSSR count). The second-order valence-electron chi connectivity index (χ2n) is 4.26. The smallest absolute Gasteiger partial charge is 0.121 e. The first-order chi connectivity index (χ1) is 9.24. The van der Waals surface area contributed by atoms with Gasteiger partial charge in [0.1, 0.15) is 5.75 Å². The number of aromatic hydroxyl groups is 1. The van der Waals surface area contributed by atoms with Crippen LogP contribution < -0.4 is 5.32 Å². The quantitative estimate of drug-likeness (QED) is 0.736. The van der Waals surface area contributed by atoms with Gasteiger partial charge in [0, 0.05) is 22.1 Å². The molecule has 1 heterocycles. The summed E-state index contributed by atoms with van der Waals surface area (Å²) in [4.78, 5) is 0. The molecule has 0 radical (unpaired) electrons. The molecule has 1 aliphatic heterocycles. The van der Waals surface area contributed by atoms with E-state index in [1.54, 1.807) is 6.07 Å². The lowest BCUT2D eigenvalue weighted by Crippen LogP contribution is -2.05. The van der Waals surface area contributed by atoms with E-state index in [0.717, 1.165) is 16.5 Å². The third-order valence-electron chi connectivity index (χ3n) is 3.14. The minimum absolute atomic E-state index is 0.167. The molecule has 0 aliphatic carbocycles. The molecule has 0 amide bonds. The van der Waals surface area contributed by atoms with E-state index in [1.807, 2.05) is 24.3 Å². The van der Waals surface area contributed by atoms with Gasteiger partial charge in [0.05, 0.1) is 6.04 Å². The van der Waals surface area contributed by atoms with Crippen molar-refractivity contribution in [2.45, 2.75) is 12.5 Å². The van der Waals surface area contributed by atoms with E-state index in [0.29, 0.717) is 5.75 Å². The van der Waals surface area contributed by atoms with Gasteiger partial charge in [0.25, 0.3) is 0 Å². The molecule has 100 valence electrons. The maximum Gasteiger partial charge on any atom is 0.121 e. The van der Waals surface area contributed by atoms with Gasteiger partial charge in [-0.25, -0.2) is 0 Å². The van der Waals surface area contributed by atoms with Crippen LogP contribution in [0.3, 0.4) is 0 Å². The average molecular weight is 341 g/mol. The molecule has 0 fully saturated rings. The molecule has 2 aromatic carbocycles. The summed E-state index contributed by atoms with van der Waals surface area (Å²) in [5, 5.41) is 13.4. The summed E-state index contributed by atoms with van der Waals surface area (Å²) in [5.41, 5.74) is 3.42. The summed E-state index contributed by atoms with van der Waals surface area (Å²) in [6, 6.07) is 14.1. The van der Waals surface area contributed by atoms with Gasteiger partial charge in [-0.1, -0.05) is 40.2 Å². The molecule has 2 nitrogen and oxygen atoms in total. The van der Waals surface area contributed by atoms with E-state index in [9.17, 15) is 5.11 Å². The molecule has 0 saturated heterocycles. The summed E-state index contributed by atoms with van der Waals surface area (Å²) in [6.45, 7) is 0. The van der Waals surface area contributed by atoms with Gasteiger partial charge in [-0.2, -0.15) is 0 Å². The number of para-hydroxylation sites is 1. The number of phenols is 1. The number of phenolic OH excluding ortho intramolecular Hbond substituents is 1. The fourth-order valence-corrected chi connectivity index (χ4v) is 2.65. The molecule has 4 heteroatoms. The highest BCUT2D eigenvalue weighted by molar-refractivity contribution is 9.10. The molecule has 1 aliphatic rings. The third-order valence-corrected chi connectivity index (χ3v) is 3.63. The number of alkyl halides is 1. The maximum atomic E-state index is 9.96. The van der Waals surface area contributed by atoms with Crippen molar-refractivity contribution in [1.29, 1.82) is 0 Å². The van der Waals surface area contributed by atoms with Crippen LogP contribution >= 0.6 is 27.5 Å². The summed E-state index contributed by atoms with van der Waals surface area (Å²) in [5.74, 6) is 0.338. The van der Waals surface area contributed by atoms with E-state index in [2.05, 4.69) is 45.0 Å². The lowest BCUT2D eigenvalue weighted by atomic mass is 10.0. The first kappa shape index (κ1) is 14.2. The number of benzene rings is 2. The van der Waals surface area contributed by atoms with Gasteiger partial charge in [0.15, 0.2) is 0 Å². The lowest BCUT2D eigenvalue weighted by Gasteiger charge is -2.13. The maximum absolute atomic E-state index is 9.96. The summed E-state index contributed by atoms with van der Waals surface area (Å²) >= 11 is 7.99. The molecule has 1 atom stereocenters. The molecule has 0 aromatic heterocycles. The molecule has 0 bridgehead atoms. The van der Waals surface area contributed by atoms with Gasteiger partial charge < -0.3 is 10.4 Å². The van der Waals surface area contributed by atoms with E-state index in [-0.39, 0.29) is 6.04 Å². The molecule has 2 N–H and O–H groups in total. The monoisotopic (exact) mass is 339 g/mol. The Balaban J connectivity index is 0.000000637. The highest BCUT2D eigenvalue weighted by atomic mass is 79.9. The fourth-order valence-electron chi connectivity index (χ4n) is 2.30. The Kier molecular flexibility index (Phi) is 4.72. The summed E-state index contributed by atoms with van der Waals surface area (Å²) in [7, 11) is 0. The number of halogens is 2. The Morgan fingerprint density at radius 2 is 1.95 bits per heavy atom. The molecule has 1 unspecified atom stereocenters. The average Bonchev–Trinajstić information content (AvgIpc) is 2.84. The summed E-state index contributed by atoms with van der Waals surface area (Å²) in [6.07, 6.45) is 2.39. The fraction of sp³-hybridized carbons (Fsp3) is 0.200. The molecule has 0 saturated carbocycles. The Bertz CT molecular complexity index is 549. The Morgan fingerprint density at radius 1 is 1.21 bits per heavy atom. The number of anilines is 1. The van der Waals surface area contributed by atoms with Crippen LogP contribution in [0.5, 0.6) is 5.75 Å². The zero-order chi connectivity index (χ0) is 13.8. The van der Waals surface area contributed by atoms with Crippen molar-refractivity contribution >= 4 is 33.2 Å². The predicted molar refractivity (Wildman–Crippen MR) is 84.1 cm³/mol. The van der Waals surface area contributed by atoms with Crippen LogP contribution in [0.2, 0.25) is 0 Å². The van der Waals surface area contributed by atoms with Gasteiger partial charge in [0.2, 0.25) is 0 Å². The normalized spacial score (nSPS) is 16.1. The second kappa shape index (κ2) is 6.31.